The van der Waals surface area contributed by atoms with Crippen molar-refractivity contribution in [2.24, 2.45) is 5.16 Å². The number of halogens is 3. The Hall–Kier alpha value is -3.05. The number of benzene rings is 2. The number of nitrogens with one attached hydrogen (secondary N) is 1. The molecule has 0 aliphatic carbocycles. The third-order valence-electron chi connectivity index (χ3n) is 5.13. The number of aromatic nitrogens is 3. The molecular weight excluding hydrogens is 561 g/mol. The van der Waals surface area contributed by atoms with Crippen LogP contribution in [0.1, 0.15) is 36.4 Å². The fourth-order valence-electron chi connectivity index (χ4n) is 3.37. The maximum Gasteiger partial charge on any atom is 0.307 e. The molecule has 2 aromatic carbocycles. The maximum atomic E-state index is 12.2. The van der Waals surface area contributed by atoms with Crippen LogP contribution in [0.3, 0.4) is 0 Å². The largest absolute Gasteiger partial charge is 0.485 e. The molecule has 37 heavy (non-hydrogen) atoms. The van der Waals surface area contributed by atoms with Gasteiger partial charge in [-0.1, -0.05) is 64.4 Å². The lowest BCUT2D eigenvalue weighted by Gasteiger charge is -2.13. The lowest BCUT2D eigenvalue weighted by atomic mass is 9.99. The lowest BCUT2D eigenvalue weighted by molar-refractivity contribution is -0.133. The topological polar surface area (TPSA) is 108 Å². The summed E-state index contributed by atoms with van der Waals surface area (Å²) in [5, 5.41) is 15.6. The average Bonchev–Trinajstić information content (AvgIpc) is 3.53. The molecule has 1 N–H and O–H groups in total. The minimum absolute atomic E-state index is 0.0592. The van der Waals surface area contributed by atoms with E-state index in [1.54, 1.807) is 29.7 Å². The van der Waals surface area contributed by atoms with E-state index in [-0.39, 0.29) is 18.5 Å². The van der Waals surface area contributed by atoms with Crippen molar-refractivity contribution in [2.75, 3.05) is 11.3 Å². The Morgan fingerprint density at radius 3 is 2.81 bits per heavy atom. The number of para-hydroxylation sites is 1. The summed E-state index contributed by atoms with van der Waals surface area (Å²) >= 11 is 19.1. The normalized spacial score (nSPS) is 14.9. The summed E-state index contributed by atoms with van der Waals surface area (Å²) < 4.78 is 7.35. The Bertz CT molecular complexity index is 1380. The van der Waals surface area contributed by atoms with Gasteiger partial charge in [-0.25, -0.2) is 4.68 Å². The van der Waals surface area contributed by atoms with Crippen molar-refractivity contribution in [2.45, 2.75) is 31.2 Å². The van der Waals surface area contributed by atoms with Gasteiger partial charge in [0.15, 0.2) is 11.9 Å². The highest BCUT2D eigenvalue weighted by Crippen LogP contribution is 2.36. The zero-order valence-corrected chi connectivity index (χ0v) is 22.4. The van der Waals surface area contributed by atoms with E-state index in [1.165, 1.54) is 16.4 Å². The van der Waals surface area contributed by atoms with Crippen molar-refractivity contribution < 1.29 is 19.2 Å². The average molecular weight is 581 g/mol. The van der Waals surface area contributed by atoms with Gasteiger partial charge in [-0.05, 0) is 36.6 Å². The molecule has 0 saturated carbocycles. The number of alkyl halides is 1. The molecule has 1 aromatic heterocycles. The molecule has 0 radical (unpaired) electrons. The molecule has 192 valence electrons. The van der Waals surface area contributed by atoms with Crippen LogP contribution >= 0.6 is 46.6 Å². The number of amides is 1. The highest BCUT2D eigenvalue weighted by atomic mass is 35.5. The van der Waals surface area contributed by atoms with E-state index in [0.29, 0.717) is 33.1 Å². The van der Waals surface area contributed by atoms with E-state index < -0.39 is 17.6 Å². The molecule has 1 amide bonds. The van der Waals surface area contributed by atoms with Crippen molar-refractivity contribution >= 4 is 64.0 Å². The van der Waals surface area contributed by atoms with Crippen LogP contribution in [0.25, 0.3) is 0 Å². The van der Waals surface area contributed by atoms with Crippen LogP contribution < -0.4 is 10.2 Å². The number of rotatable bonds is 10. The van der Waals surface area contributed by atoms with Gasteiger partial charge in [-0.2, -0.15) is 0 Å². The highest BCUT2D eigenvalue weighted by molar-refractivity contribution is 8.02. The molecule has 1 unspecified atom stereocenters. The number of thioether (sulfide) groups is 1. The second-order valence-corrected chi connectivity index (χ2v) is 9.59. The van der Waals surface area contributed by atoms with Gasteiger partial charge in [-0.15, -0.1) is 21.8 Å². The molecule has 0 bridgehead atoms. The number of hydrogen-bond acceptors (Lipinski definition) is 8. The van der Waals surface area contributed by atoms with Crippen LogP contribution in [0.15, 0.2) is 64.3 Å². The first-order valence-electron chi connectivity index (χ1n) is 10.9. The molecule has 3 aromatic rings. The maximum absolute atomic E-state index is 12.2. The summed E-state index contributed by atoms with van der Waals surface area (Å²) in [6, 6.07) is 12.6. The standard InChI is InChI=1S/C24H20Cl3N5O4S/c1-2-9-37-24-29-28-22(32(24)30-23(34)19(33)12-25)13-35-20-6-4-3-5-16(20)18-11-21(36-31-18)15-8-7-14(26)10-17(15)27/h2-10,21H,11-13H2,1H3,(H,30,34). The van der Waals surface area contributed by atoms with Gasteiger partial charge in [0.1, 0.15) is 12.4 Å². The Kier molecular flexibility index (Phi) is 9.09. The van der Waals surface area contributed by atoms with Gasteiger partial charge in [0.05, 0.1) is 11.6 Å². The Morgan fingerprint density at radius 1 is 1.24 bits per heavy atom. The fraction of sp³-hybridized carbons (Fsp3) is 0.208. The fourth-order valence-corrected chi connectivity index (χ4v) is 4.63. The first-order valence-corrected chi connectivity index (χ1v) is 13.1. The molecule has 0 fully saturated rings. The summed E-state index contributed by atoms with van der Waals surface area (Å²) in [6.45, 7) is 1.78. The van der Waals surface area contributed by atoms with E-state index in [4.69, 9.17) is 44.4 Å². The van der Waals surface area contributed by atoms with E-state index >= 15 is 0 Å². The zero-order chi connectivity index (χ0) is 26.4. The van der Waals surface area contributed by atoms with Crippen molar-refractivity contribution in [3.8, 4) is 5.75 Å². The van der Waals surface area contributed by atoms with Crippen LogP contribution in [-0.4, -0.2) is 38.2 Å². The quantitative estimate of drug-likeness (QED) is 0.191. The van der Waals surface area contributed by atoms with E-state index in [9.17, 15) is 9.59 Å². The zero-order valence-electron chi connectivity index (χ0n) is 19.4. The molecule has 0 spiro atoms. The second-order valence-electron chi connectivity index (χ2n) is 7.61. The van der Waals surface area contributed by atoms with Gasteiger partial charge >= 0.3 is 5.91 Å². The Labute approximate surface area is 231 Å². The van der Waals surface area contributed by atoms with E-state index in [1.807, 2.05) is 31.2 Å². The molecular formula is C24H20Cl3N5O4S. The monoisotopic (exact) mass is 579 g/mol. The summed E-state index contributed by atoms with van der Waals surface area (Å²) in [4.78, 5) is 29.6. The third kappa shape index (κ3) is 6.45. The van der Waals surface area contributed by atoms with Crippen molar-refractivity contribution in [1.82, 2.24) is 14.9 Å². The van der Waals surface area contributed by atoms with Gasteiger partial charge in [-0.3, -0.25) is 15.0 Å². The molecule has 2 heterocycles. The number of Topliss-reactive ketones (excluding diaryl/α,β-unsaturated/α-hetero) is 1. The lowest BCUT2D eigenvalue weighted by Crippen LogP contribution is -2.32. The van der Waals surface area contributed by atoms with Crippen molar-refractivity contribution in [3.63, 3.8) is 0 Å². The summed E-state index contributed by atoms with van der Waals surface area (Å²) in [6.07, 6.45) is 1.91. The number of carbonyl (C=O) groups excluding carboxylic acids is 2. The van der Waals surface area contributed by atoms with E-state index in [2.05, 4.69) is 20.8 Å². The number of ketones is 1. The SMILES string of the molecule is CC=CSc1nnc(COc2ccccc2C2=NOC(c3ccc(Cl)cc3Cl)C2)n1NC(=O)C(=O)CCl. The number of carbonyl (C=O) groups is 2. The second kappa shape index (κ2) is 12.5. The molecule has 1 atom stereocenters. The van der Waals surface area contributed by atoms with Gasteiger partial charge in [0, 0.05) is 27.6 Å². The van der Waals surface area contributed by atoms with E-state index in [0.717, 1.165) is 11.1 Å². The molecule has 9 nitrogen and oxygen atoms in total. The molecule has 1 aliphatic rings. The van der Waals surface area contributed by atoms with Crippen LogP contribution in [-0.2, 0) is 21.0 Å². The predicted octanol–water partition coefficient (Wildman–Crippen LogP) is 5.53. The van der Waals surface area contributed by atoms with Gasteiger partial charge in [0.25, 0.3) is 0 Å². The number of hydrogen-bond donors (Lipinski definition) is 1. The van der Waals surface area contributed by atoms with Crippen LogP contribution in [0.5, 0.6) is 5.75 Å². The Balaban J connectivity index is 1.52. The first-order chi connectivity index (χ1) is 17.9. The number of allylic oxidation sites excluding steroid dienone is 1. The molecule has 1 aliphatic heterocycles. The third-order valence-corrected chi connectivity index (χ3v) is 6.82. The summed E-state index contributed by atoms with van der Waals surface area (Å²) in [7, 11) is 0. The smallest absolute Gasteiger partial charge is 0.307 e. The highest BCUT2D eigenvalue weighted by Gasteiger charge is 2.28. The predicted molar refractivity (Wildman–Crippen MR) is 143 cm³/mol. The number of ether oxygens (including phenoxy) is 1. The Morgan fingerprint density at radius 2 is 2.05 bits per heavy atom. The molecule has 4 rings (SSSR count). The van der Waals surface area contributed by atoms with Gasteiger partial charge < -0.3 is 9.57 Å². The minimum atomic E-state index is -0.886. The van der Waals surface area contributed by atoms with Crippen LogP contribution in [0.2, 0.25) is 10.0 Å². The first kappa shape index (κ1) is 27.0. The summed E-state index contributed by atoms with van der Waals surface area (Å²) in [5.74, 6) is -1.33. The molecule has 13 heteroatoms. The summed E-state index contributed by atoms with van der Waals surface area (Å²) in [5.41, 5.74) is 4.67. The van der Waals surface area contributed by atoms with Crippen LogP contribution in [0.4, 0.5) is 0 Å². The number of oxime groups is 1. The number of nitrogens with zero attached hydrogens (tertiary/aromatic N) is 4. The van der Waals surface area contributed by atoms with Crippen molar-refractivity contribution in [1.29, 1.82) is 0 Å². The molecule has 0 saturated heterocycles. The van der Waals surface area contributed by atoms with Crippen molar-refractivity contribution in [3.05, 3.63) is 80.9 Å². The van der Waals surface area contributed by atoms with Crippen LogP contribution in [0, 0.1) is 0 Å². The van der Waals surface area contributed by atoms with Gasteiger partial charge in [0.2, 0.25) is 10.9 Å². The minimum Gasteiger partial charge on any atom is -0.485 e.